The van der Waals surface area contributed by atoms with Crippen molar-refractivity contribution in [3.8, 4) is 0 Å². The molecule has 0 aromatic heterocycles. The molecule has 1 amide bonds. The average molecular weight is 255 g/mol. The molecule has 0 spiro atoms. The fourth-order valence-corrected chi connectivity index (χ4v) is 1.32. The van der Waals surface area contributed by atoms with Crippen molar-refractivity contribution in [1.82, 2.24) is 5.32 Å². The Morgan fingerprint density at radius 1 is 1.60 bits per heavy atom. The minimum Gasteiger partial charge on any atom is -0.347 e. The molecule has 0 aromatic rings. The molecule has 0 saturated carbocycles. The summed E-state index contributed by atoms with van der Waals surface area (Å²) in [6, 6.07) is 0. The van der Waals surface area contributed by atoms with Gasteiger partial charge in [-0.05, 0) is 6.42 Å². The molecule has 10 heavy (non-hydrogen) atoms. The number of carbonyl (C=O) groups excluding carboxylic acids is 1. The van der Waals surface area contributed by atoms with Crippen molar-refractivity contribution in [2.75, 3.05) is 0 Å². The monoisotopic (exact) mass is 255 g/mol. The summed E-state index contributed by atoms with van der Waals surface area (Å²) in [5.41, 5.74) is 0. The van der Waals surface area contributed by atoms with Crippen LogP contribution in [-0.4, -0.2) is 10.5 Å². The molecular weight excluding hydrogens is 241 g/mol. The van der Waals surface area contributed by atoms with Crippen molar-refractivity contribution in [2.24, 2.45) is 0 Å². The summed E-state index contributed by atoms with van der Waals surface area (Å²) >= 11 is 2.24. The number of carbonyl (C=O) groups is 1. The number of hydrogen-bond acceptors (Lipinski definition) is 1. The van der Waals surface area contributed by atoms with E-state index in [-0.39, 0.29) is 0 Å². The Balaban J connectivity index is 3.04. The molecule has 1 atom stereocenters. The van der Waals surface area contributed by atoms with Gasteiger partial charge >= 0.3 is 0 Å². The molecule has 3 heteroatoms. The molecular formula is C7H14INO. The van der Waals surface area contributed by atoms with E-state index in [0.717, 1.165) is 12.8 Å². The summed E-state index contributed by atoms with van der Waals surface area (Å²) in [6.07, 6.45) is 5.58. The highest BCUT2D eigenvalue weighted by molar-refractivity contribution is 14.1. The summed E-state index contributed by atoms with van der Waals surface area (Å²) in [5, 5.41) is 2.71. The summed E-state index contributed by atoms with van der Waals surface area (Å²) < 4.78 is 0.321. The normalized spacial score (nSPS) is 12.6. The van der Waals surface area contributed by atoms with Gasteiger partial charge in [-0.25, -0.2) is 0 Å². The highest BCUT2D eigenvalue weighted by atomic mass is 127. The third kappa shape index (κ3) is 6.32. The van der Waals surface area contributed by atoms with Crippen LogP contribution in [0, 0.1) is 0 Å². The van der Waals surface area contributed by atoms with Crippen LogP contribution in [0.25, 0.3) is 0 Å². The summed E-state index contributed by atoms with van der Waals surface area (Å²) in [4.78, 5) is 9.93. The van der Waals surface area contributed by atoms with Crippen LogP contribution in [-0.2, 0) is 4.79 Å². The van der Waals surface area contributed by atoms with E-state index in [1.807, 2.05) is 0 Å². The first kappa shape index (κ1) is 10.2. The number of alkyl halides is 1. The number of hydrogen-bond donors (Lipinski definition) is 1. The third-order valence-electron chi connectivity index (χ3n) is 1.31. The highest BCUT2D eigenvalue weighted by Crippen LogP contribution is 2.07. The van der Waals surface area contributed by atoms with Crippen molar-refractivity contribution in [1.29, 1.82) is 0 Å². The number of nitrogens with one attached hydrogen (secondary N) is 1. The molecule has 0 aliphatic rings. The van der Waals surface area contributed by atoms with Gasteiger partial charge < -0.3 is 5.32 Å². The number of halogens is 1. The maximum atomic E-state index is 9.93. The van der Waals surface area contributed by atoms with Crippen molar-refractivity contribution in [3.05, 3.63) is 0 Å². The second-order valence-electron chi connectivity index (χ2n) is 2.25. The Hall–Kier alpha value is 0.200. The molecule has 2 nitrogen and oxygen atoms in total. The molecule has 0 aliphatic carbocycles. The zero-order chi connectivity index (χ0) is 7.82. The maximum absolute atomic E-state index is 9.93. The maximum Gasteiger partial charge on any atom is 0.207 e. The summed E-state index contributed by atoms with van der Waals surface area (Å²) in [7, 11) is 0. The third-order valence-corrected chi connectivity index (χ3v) is 2.29. The molecule has 0 aliphatic heterocycles. The quantitative estimate of drug-likeness (QED) is 0.254. The Labute approximate surface area is 75.9 Å². The molecule has 1 N–H and O–H groups in total. The first-order valence-electron chi connectivity index (χ1n) is 3.65. The van der Waals surface area contributed by atoms with Crippen LogP contribution in [0.5, 0.6) is 0 Å². The van der Waals surface area contributed by atoms with Gasteiger partial charge in [0.1, 0.15) is 0 Å². The smallest absolute Gasteiger partial charge is 0.207 e. The van der Waals surface area contributed by atoms with Gasteiger partial charge in [-0.3, -0.25) is 4.79 Å². The second-order valence-corrected chi connectivity index (χ2v) is 3.75. The highest BCUT2D eigenvalue weighted by Gasteiger charge is 1.98. The summed E-state index contributed by atoms with van der Waals surface area (Å²) in [5.74, 6) is 0. The predicted molar refractivity (Wildman–Crippen MR) is 51.1 cm³/mol. The lowest BCUT2D eigenvalue weighted by molar-refractivity contribution is -0.109. The van der Waals surface area contributed by atoms with E-state index >= 15 is 0 Å². The fourth-order valence-electron chi connectivity index (χ4n) is 0.731. The van der Waals surface area contributed by atoms with Crippen LogP contribution in [0.4, 0.5) is 0 Å². The van der Waals surface area contributed by atoms with Gasteiger partial charge in [-0.15, -0.1) is 0 Å². The van der Waals surface area contributed by atoms with Crippen LogP contribution in [0.1, 0.15) is 32.6 Å². The number of amides is 1. The van der Waals surface area contributed by atoms with Crippen LogP contribution in [0.3, 0.4) is 0 Å². The van der Waals surface area contributed by atoms with Crippen molar-refractivity contribution in [2.45, 2.75) is 36.7 Å². The number of rotatable bonds is 6. The minimum atomic E-state index is 0.321. The van der Waals surface area contributed by atoms with Gasteiger partial charge in [-0.1, -0.05) is 48.8 Å². The van der Waals surface area contributed by atoms with E-state index in [2.05, 4.69) is 34.8 Å². The van der Waals surface area contributed by atoms with Crippen molar-refractivity contribution in [3.63, 3.8) is 0 Å². The van der Waals surface area contributed by atoms with E-state index in [0.29, 0.717) is 4.05 Å². The van der Waals surface area contributed by atoms with E-state index in [4.69, 9.17) is 0 Å². The largest absolute Gasteiger partial charge is 0.347 e. The van der Waals surface area contributed by atoms with Crippen LogP contribution in [0.2, 0.25) is 0 Å². The average Bonchev–Trinajstić information content (AvgIpc) is 1.89. The topological polar surface area (TPSA) is 29.1 Å². The van der Waals surface area contributed by atoms with E-state index in [9.17, 15) is 4.79 Å². The van der Waals surface area contributed by atoms with Crippen molar-refractivity contribution >= 4 is 29.0 Å². The van der Waals surface area contributed by atoms with E-state index in [1.165, 1.54) is 19.3 Å². The Bertz CT molecular complexity index is 87.7. The Morgan fingerprint density at radius 3 is 2.80 bits per heavy atom. The molecule has 0 rings (SSSR count). The molecule has 0 fully saturated rings. The van der Waals surface area contributed by atoms with Crippen molar-refractivity contribution < 1.29 is 4.79 Å². The van der Waals surface area contributed by atoms with Gasteiger partial charge in [0.2, 0.25) is 6.41 Å². The second kappa shape index (κ2) is 7.31. The van der Waals surface area contributed by atoms with E-state index in [1.54, 1.807) is 0 Å². The van der Waals surface area contributed by atoms with Gasteiger partial charge in [0.05, 0.1) is 4.05 Å². The molecule has 0 heterocycles. The zero-order valence-corrected chi connectivity index (χ0v) is 8.43. The van der Waals surface area contributed by atoms with Gasteiger partial charge in [0.15, 0.2) is 0 Å². The molecule has 0 radical (unpaired) electrons. The Morgan fingerprint density at radius 2 is 2.30 bits per heavy atom. The first-order valence-corrected chi connectivity index (χ1v) is 4.89. The molecule has 0 aromatic carbocycles. The minimum absolute atomic E-state index is 0.321. The molecule has 60 valence electrons. The standard InChI is InChI=1S/C7H14INO/c1-2-3-4-5-7(8)9-6-10/h6-7H,2-5H2,1H3,(H,9,10). The van der Waals surface area contributed by atoms with Crippen LogP contribution < -0.4 is 5.32 Å². The lowest BCUT2D eigenvalue weighted by Crippen LogP contribution is -2.20. The van der Waals surface area contributed by atoms with Crippen LogP contribution >= 0.6 is 22.6 Å². The summed E-state index contributed by atoms with van der Waals surface area (Å²) in [6.45, 7) is 2.18. The Kier molecular flexibility index (Phi) is 7.45. The van der Waals surface area contributed by atoms with E-state index < -0.39 is 0 Å². The molecule has 1 unspecified atom stereocenters. The lowest BCUT2D eigenvalue weighted by Gasteiger charge is -2.06. The zero-order valence-electron chi connectivity index (χ0n) is 6.27. The predicted octanol–water partition coefficient (Wildman–Crippen LogP) is 2.07. The lowest BCUT2D eigenvalue weighted by atomic mass is 10.2. The van der Waals surface area contributed by atoms with Gasteiger partial charge in [0.25, 0.3) is 0 Å². The number of unbranched alkanes of at least 4 members (excludes halogenated alkanes) is 2. The van der Waals surface area contributed by atoms with Gasteiger partial charge in [-0.2, -0.15) is 0 Å². The first-order chi connectivity index (χ1) is 4.81. The SMILES string of the molecule is CCCCCC(I)NC=O. The molecule has 0 bridgehead atoms. The fraction of sp³-hybridized carbons (Fsp3) is 0.857. The van der Waals surface area contributed by atoms with Gasteiger partial charge in [0, 0.05) is 0 Å². The molecule has 0 saturated heterocycles. The van der Waals surface area contributed by atoms with Crippen LogP contribution in [0.15, 0.2) is 0 Å².